The van der Waals surface area contributed by atoms with Crippen LogP contribution in [0.25, 0.3) is 0 Å². The highest BCUT2D eigenvalue weighted by atomic mass is 32.2. The molecule has 0 amide bonds. The lowest BCUT2D eigenvalue weighted by Crippen LogP contribution is -2.30. The van der Waals surface area contributed by atoms with Gasteiger partial charge in [-0.1, -0.05) is 35.9 Å². The van der Waals surface area contributed by atoms with Gasteiger partial charge in [0.05, 0.1) is 11.9 Å². The van der Waals surface area contributed by atoms with E-state index in [1.54, 1.807) is 24.3 Å². The van der Waals surface area contributed by atoms with E-state index in [0.717, 1.165) is 23.8 Å². The number of aliphatic hydroxyl groups excluding tert-OH is 1. The van der Waals surface area contributed by atoms with E-state index >= 15 is 0 Å². The molecule has 0 radical (unpaired) electrons. The molecule has 0 heterocycles. The summed E-state index contributed by atoms with van der Waals surface area (Å²) in [6, 6.07) is 10.1. The van der Waals surface area contributed by atoms with Crippen LogP contribution in [0.1, 0.15) is 22.8 Å². The maximum Gasteiger partial charge on any atom is 0.216 e. The Hall–Kier alpha value is -1.83. The first-order valence-corrected chi connectivity index (χ1v) is 8.58. The number of nitrogens with one attached hydrogen (secondary N) is 1. The molecule has 2 aromatic rings. The molecule has 0 aliphatic rings. The van der Waals surface area contributed by atoms with Crippen molar-refractivity contribution in [3.8, 4) is 0 Å². The second-order valence-corrected chi connectivity index (χ2v) is 7.04. The molecule has 4 nitrogen and oxygen atoms in total. The van der Waals surface area contributed by atoms with Crippen molar-refractivity contribution in [3.63, 3.8) is 0 Å². The Morgan fingerprint density at radius 3 is 2.22 bits per heavy atom. The smallest absolute Gasteiger partial charge is 0.216 e. The van der Waals surface area contributed by atoms with Crippen molar-refractivity contribution >= 4 is 10.0 Å². The molecular formula is C16H17F2NO3S. The van der Waals surface area contributed by atoms with Crippen LogP contribution >= 0.6 is 0 Å². The summed E-state index contributed by atoms with van der Waals surface area (Å²) < 4.78 is 53.0. The molecule has 0 fully saturated rings. The summed E-state index contributed by atoms with van der Waals surface area (Å²) in [6.07, 6.45) is -1.05. The third-order valence-electron chi connectivity index (χ3n) is 3.35. The van der Waals surface area contributed by atoms with Crippen molar-refractivity contribution in [2.24, 2.45) is 0 Å². The van der Waals surface area contributed by atoms with Gasteiger partial charge in [0.2, 0.25) is 10.0 Å². The van der Waals surface area contributed by atoms with Gasteiger partial charge in [-0.25, -0.2) is 21.9 Å². The Kier molecular flexibility index (Phi) is 5.46. The summed E-state index contributed by atoms with van der Waals surface area (Å²) in [7, 11) is -3.98. The first-order chi connectivity index (χ1) is 10.8. The molecule has 0 saturated heterocycles. The Labute approximate surface area is 133 Å². The maximum absolute atomic E-state index is 13.5. The first kappa shape index (κ1) is 17.5. The van der Waals surface area contributed by atoms with Gasteiger partial charge in [-0.2, -0.15) is 0 Å². The normalized spacial score (nSPS) is 13.0. The van der Waals surface area contributed by atoms with Crippen molar-refractivity contribution in [1.82, 2.24) is 4.72 Å². The monoisotopic (exact) mass is 341 g/mol. The van der Waals surface area contributed by atoms with E-state index in [4.69, 9.17) is 0 Å². The fraction of sp³-hybridized carbons (Fsp3) is 0.250. The number of aliphatic hydroxyl groups is 1. The lowest BCUT2D eigenvalue weighted by Gasteiger charge is -2.13. The van der Waals surface area contributed by atoms with Gasteiger partial charge in [-0.05, 0) is 24.6 Å². The van der Waals surface area contributed by atoms with Crippen LogP contribution in [-0.4, -0.2) is 20.1 Å². The minimum absolute atomic E-state index is 0.276. The number of sulfonamides is 1. The fourth-order valence-electron chi connectivity index (χ4n) is 2.02. The zero-order valence-electron chi connectivity index (χ0n) is 12.5. The van der Waals surface area contributed by atoms with Gasteiger partial charge in [-0.15, -0.1) is 0 Å². The van der Waals surface area contributed by atoms with Gasteiger partial charge in [0.25, 0.3) is 0 Å². The van der Waals surface area contributed by atoms with Crippen LogP contribution in [-0.2, 0) is 15.8 Å². The summed E-state index contributed by atoms with van der Waals surface area (Å²) in [6.45, 7) is 1.61. The molecule has 124 valence electrons. The molecule has 2 aromatic carbocycles. The molecule has 0 aliphatic heterocycles. The second kappa shape index (κ2) is 7.16. The molecular weight excluding hydrogens is 324 g/mol. The van der Waals surface area contributed by atoms with Crippen molar-refractivity contribution < 1.29 is 22.3 Å². The van der Waals surface area contributed by atoms with E-state index in [-0.39, 0.29) is 6.54 Å². The molecule has 0 saturated carbocycles. The van der Waals surface area contributed by atoms with Crippen LogP contribution in [0, 0.1) is 18.6 Å². The zero-order valence-corrected chi connectivity index (χ0v) is 13.3. The highest BCUT2D eigenvalue weighted by Crippen LogP contribution is 2.16. The SMILES string of the molecule is Cc1ccc(C(O)CNS(=O)(=O)Cc2c(F)cccc2F)cc1. The van der Waals surface area contributed by atoms with Gasteiger partial charge < -0.3 is 5.11 Å². The van der Waals surface area contributed by atoms with Crippen LogP contribution in [0.5, 0.6) is 0 Å². The average molecular weight is 341 g/mol. The number of aryl methyl sites for hydroxylation is 1. The molecule has 7 heteroatoms. The van der Waals surface area contributed by atoms with Crippen LogP contribution in [0.2, 0.25) is 0 Å². The molecule has 1 atom stereocenters. The van der Waals surface area contributed by atoms with E-state index < -0.39 is 39.1 Å². The second-order valence-electron chi connectivity index (χ2n) is 5.23. The lowest BCUT2D eigenvalue weighted by molar-refractivity contribution is 0.182. The third-order valence-corrected chi connectivity index (χ3v) is 4.63. The molecule has 0 bridgehead atoms. The van der Waals surface area contributed by atoms with Crippen molar-refractivity contribution in [3.05, 3.63) is 70.8 Å². The van der Waals surface area contributed by atoms with Crippen molar-refractivity contribution in [1.29, 1.82) is 0 Å². The van der Waals surface area contributed by atoms with Gasteiger partial charge in [0.1, 0.15) is 11.6 Å². The van der Waals surface area contributed by atoms with E-state index in [1.807, 2.05) is 6.92 Å². The molecule has 2 rings (SSSR count). The Morgan fingerprint density at radius 1 is 1.09 bits per heavy atom. The highest BCUT2D eigenvalue weighted by Gasteiger charge is 2.19. The van der Waals surface area contributed by atoms with E-state index in [9.17, 15) is 22.3 Å². The summed E-state index contributed by atoms with van der Waals surface area (Å²) in [5.41, 5.74) is 1.04. The third kappa shape index (κ3) is 4.82. The quantitative estimate of drug-likeness (QED) is 0.848. The van der Waals surface area contributed by atoms with Gasteiger partial charge >= 0.3 is 0 Å². The fourth-order valence-corrected chi connectivity index (χ4v) is 3.19. The number of hydrogen-bond acceptors (Lipinski definition) is 3. The van der Waals surface area contributed by atoms with Crippen LogP contribution in [0.4, 0.5) is 8.78 Å². The number of benzene rings is 2. The van der Waals surface area contributed by atoms with Crippen LogP contribution in [0.3, 0.4) is 0 Å². The molecule has 2 N–H and O–H groups in total. The average Bonchev–Trinajstić information content (AvgIpc) is 2.50. The van der Waals surface area contributed by atoms with E-state index in [1.165, 1.54) is 0 Å². The van der Waals surface area contributed by atoms with Crippen molar-refractivity contribution in [2.75, 3.05) is 6.54 Å². The molecule has 23 heavy (non-hydrogen) atoms. The standard InChI is InChI=1S/C16H17F2NO3S/c1-11-5-7-12(8-6-11)16(20)9-19-23(21,22)10-13-14(17)3-2-4-15(13)18/h2-8,16,19-20H,9-10H2,1H3. The van der Waals surface area contributed by atoms with Gasteiger partial charge in [0, 0.05) is 12.1 Å². The largest absolute Gasteiger partial charge is 0.387 e. The minimum atomic E-state index is -3.98. The zero-order chi connectivity index (χ0) is 17.0. The molecule has 0 aromatic heterocycles. The van der Waals surface area contributed by atoms with E-state index in [0.29, 0.717) is 5.56 Å². The van der Waals surface area contributed by atoms with Crippen LogP contribution in [0.15, 0.2) is 42.5 Å². The molecule has 0 aliphatic carbocycles. The summed E-state index contributed by atoms with van der Waals surface area (Å²) in [4.78, 5) is 0. The van der Waals surface area contributed by atoms with Crippen LogP contribution < -0.4 is 4.72 Å². The summed E-state index contributed by atoms with van der Waals surface area (Å²) >= 11 is 0. The molecule has 1 unspecified atom stereocenters. The summed E-state index contributed by atoms with van der Waals surface area (Å²) in [5, 5.41) is 9.97. The number of hydrogen-bond donors (Lipinski definition) is 2. The lowest BCUT2D eigenvalue weighted by atomic mass is 10.1. The summed E-state index contributed by atoms with van der Waals surface area (Å²) in [5.74, 6) is -2.67. The van der Waals surface area contributed by atoms with E-state index in [2.05, 4.69) is 4.72 Å². The van der Waals surface area contributed by atoms with Gasteiger partial charge in [-0.3, -0.25) is 0 Å². The van der Waals surface area contributed by atoms with Crippen molar-refractivity contribution in [2.45, 2.75) is 18.8 Å². The Bertz CT molecular complexity index is 756. The highest BCUT2D eigenvalue weighted by molar-refractivity contribution is 7.88. The maximum atomic E-state index is 13.5. The number of halogens is 2. The minimum Gasteiger partial charge on any atom is -0.387 e. The predicted octanol–water partition coefficient (Wildman–Crippen LogP) is 2.43. The van der Waals surface area contributed by atoms with Gasteiger partial charge in [0.15, 0.2) is 0 Å². The predicted molar refractivity (Wildman–Crippen MR) is 83.1 cm³/mol. The first-order valence-electron chi connectivity index (χ1n) is 6.93. The number of rotatable bonds is 6. The Balaban J connectivity index is 2.03. The Morgan fingerprint density at radius 2 is 1.65 bits per heavy atom. The molecule has 0 spiro atoms. The topological polar surface area (TPSA) is 66.4 Å².